The molecular weight excluding hydrogens is 340 g/mol. The molecule has 0 aromatic heterocycles. The van der Waals surface area contributed by atoms with Crippen LogP contribution in [0.4, 0.5) is 0 Å². The molecule has 27 heavy (non-hydrogen) atoms. The molecule has 3 aliphatic carbocycles. The Morgan fingerprint density at radius 1 is 1.11 bits per heavy atom. The maximum atomic E-state index is 13.4. The zero-order chi connectivity index (χ0) is 19.6. The topological polar surface area (TPSA) is 63.6 Å². The Morgan fingerprint density at radius 2 is 1.81 bits per heavy atom. The van der Waals surface area contributed by atoms with Crippen LogP contribution in [0.2, 0.25) is 0 Å². The highest BCUT2D eigenvalue weighted by molar-refractivity contribution is 5.85. The number of ether oxygens (including phenoxy) is 1. The lowest BCUT2D eigenvalue weighted by Crippen LogP contribution is -2.55. The van der Waals surface area contributed by atoms with Crippen molar-refractivity contribution in [2.75, 3.05) is 6.61 Å². The molecular formula is C23H38O4. The molecule has 0 radical (unpaired) electrons. The van der Waals surface area contributed by atoms with Crippen LogP contribution in [0, 0.1) is 35.0 Å². The van der Waals surface area contributed by atoms with Crippen LogP contribution in [0.3, 0.4) is 0 Å². The van der Waals surface area contributed by atoms with E-state index >= 15 is 0 Å². The highest BCUT2D eigenvalue weighted by Crippen LogP contribution is 2.59. The van der Waals surface area contributed by atoms with Crippen LogP contribution < -0.4 is 0 Å². The SMILES string of the molecule is CCOC(=O)C1CCCC2C(=O)[C@H](CC)[C@@H]3C[C@H](O)CC[C@]3(C)C2CCC1. The van der Waals surface area contributed by atoms with Crippen molar-refractivity contribution in [3.63, 3.8) is 0 Å². The van der Waals surface area contributed by atoms with Gasteiger partial charge >= 0.3 is 5.97 Å². The minimum Gasteiger partial charge on any atom is -0.466 e. The maximum Gasteiger partial charge on any atom is 0.308 e. The Bertz CT molecular complexity index is 544. The average Bonchev–Trinajstić information content (AvgIpc) is 2.75. The van der Waals surface area contributed by atoms with E-state index in [1.54, 1.807) is 0 Å². The normalized spacial score (nSPS) is 42.9. The Balaban J connectivity index is 1.83. The summed E-state index contributed by atoms with van der Waals surface area (Å²) in [5, 5.41) is 10.3. The van der Waals surface area contributed by atoms with Crippen LogP contribution in [0.15, 0.2) is 0 Å². The first-order valence-corrected chi connectivity index (χ1v) is 11.3. The van der Waals surface area contributed by atoms with Crippen LogP contribution in [0.5, 0.6) is 0 Å². The zero-order valence-electron chi connectivity index (χ0n) is 17.4. The van der Waals surface area contributed by atoms with Gasteiger partial charge in [0, 0.05) is 11.8 Å². The number of rotatable bonds is 3. The van der Waals surface area contributed by atoms with Crippen molar-refractivity contribution in [1.29, 1.82) is 0 Å². The molecule has 3 saturated carbocycles. The van der Waals surface area contributed by atoms with Gasteiger partial charge in [-0.2, -0.15) is 0 Å². The number of Topliss-reactive ketones (excluding diaryl/α,β-unsaturated/α-hetero) is 1. The summed E-state index contributed by atoms with van der Waals surface area (Å²) in [6.45, 7) is 6.84. The summed E-state index contributed by atoms with van der Waals surface area (Å²) >= 11 is 0. The van der Waals surface area contributed by atoms with Gasteiger partial charge in [-0.15, -0.1) is 0 Å². The van der Waals surface area contributed by atoms with E-state index in [4.69, 9.17) is 4.74 Å². The van der Waals surface area contributed by atoms with Gasteiger partial charge in [0.05, 0.1) is 18.6 Å². The highest BCUT2D eigenvalue weighted by atomic mass is 16.5. The third-order valence-corrected chi connectivity index (χ3v) is 8.13. The summed E-state index contributed by atoms with van der Waals surface area (Å²) in [6.07, 6.45) is 8.96. The second-order valence-corrected chi connectivity index (χ2v) is 9.48. The van der Waals surface area contributed by atoms with E-state index in [9.17, 15) is 14.7 Å². The molecule has 0 amide bonds. The van der Waals surface area contributed by atoms with Crippen LogP contribution in [-0.4, -0.2) is 29.6 Å². The van der Waals surface area contributed by atoms with Crippen molar-refractivity contribution in [2.24, 2.45) is 35.0 Å². The second-order valence-electron chi connectivity index (χ2n) is 9.48. The van der Waals surface area contributed by atoms with Crippen molar-refractivity contribution >= 4 is 11.8 Å². The summed E-state index contributed by atoms with van der Waals surface area (Å²) < 4.78 is 5.28. The first-order valence-electron chi connectivity index (χ1n) is 11.3. The van der Waals surface area contributed by atoms with Crippen molar-refractivity contribution in [1.82, 2.24) is 0 Å². The van der Waals surface area contributed by atoms with E-state index in [-0.39, 0.29) is 35.2 Å². The largest absolute Gasteiger partial charge is 0.466 e. The maximum absolute atomic E-state index is 13.4. The molecule has 0 aromatic rings. The van der Waals surface area contributed by atoms with Crippen LogP contribution in [0.25, 0.3) is 0 Å². The Labute approximate surface area is 164 Å². The molecule has 3 aliphatic rings. The number of aliphatic hydroxyl groups excluding tert-OH is 1. The number of aliphatic hydroxyl groups is 1. The monoisotopic (exact) mass is 378 g/mol. The number of ketones is 1. The smallest absolute Gasteiger partial charge is 0.308 e. The first-order chi connectivity index (χ1) is 12.9. The molecule has 3 unspecified atom stereocenters. The molecule has 4 nitrogen and oxygen atoms in total. The fourth-order valence-corrected chi connectivity index (χ4v) is 6.73. The number of hydrogen-bond acceptors (Lipinski definition) is 4. The van der Waals surface area contributed by atoms with Crippen LogP contribution in [-0.2, 0) is 14.3 Å². The third kappa shape index (κ3) is 3.97. The van der Waals surface area contributed by atoms with E-state index in [2.05, 4.69) is 13.8 Å². The molecule has 0 saturated heterocycles. The van der Waals surface area contributed by atoms with E-state index in [0.29, 0.717) is 24.2 Å². The molecule has 154 valence electrons. The molecule has 4 heteroatoms. The average molecular weight is 379 g/mol. The van der Waals surface area contributed by atoms with Crippen molar-refractivity contribution in [3.8, 4) is 0 Å². The summed E-state index contributed by atoms with van der Waals surface area (Å²) in [5.41, 5.74) is 0.155. The lowest BCUT2D eigenvalue weighted by Gasteiger charge is -2.57. The molecule has 0 bridgehead atoms. The third-order valence-electron chi connectivity index (χ3n) is 8.13. The summed E-state index contributed by atoms with van der Waals surface area (Å²) in [7, 11) is 0. The zero-order valence-corrected chi connectivity index (χ0v) is 17.4. The van der Waals surface area contributed by atoms with Crippen molar-refractivity contribution in [2.45, 2.75) is 91.1 Å². The Kier molecular flexibility index (Phi) is 6.66. The molecule has 3 rings (SSSR count). The summed E-state index contributed by atoms with van der Waals surface area (Å²) in [4.78, 5) is 25.7. The molecule has 1 N–H and O–H groups in total. The fourth-order valence-electron chi connectivity index (χ4n) is 6.73. The van der Waals surface area contributed by atoms with Crippen molar-refractivity contribution in [3.05, 3.63) is 0 Å². The van der Waals surface area contributed by atoms with E-state index < -0.39 is 0 Å². The summed E-state index contributed by atoms with van der Waals surface area (Å²) in [5.74, 6) is 1.38. The Morgan fingerprint density at radius 3 is 2.48 bits per heavy atom. The van der Waals surface area contributed by atoms with Gasteiger partial charge in [-0.05, 0) is 75.5 Å². The van der Waals surface area contributed by atoms with Gasteiger partial charge in [0.15, 0.2) is 0 Å². The quantitative estimate of drug-likeness (QED) is 0.733. The fraction of sp³-hybridized carbons (Fsp3) is 0.913. The molecule has 3 fully saturated rings. The lowest BCUT2D eigenvalue weighted by atomic mass is 9.47. The number of carbonyl (C=O) groups is 2. The second kappa shape index (κ2) is 8.63. The predicted molar refractivity (Wildman–Crippen MR) is 105 cm³/mol. The van der Waals surface area contributed by atoms with E-state index in [1.165, 1.54) is 0 Å². The number of carbonyl (C=O) groups excluding carboxylic acids is 2. The Hall–Kier alpha value is -0.900. The van der Waals surface area contributed by atoms with Gasteiger partial charge in [0.2, 0.25) is 0 Å². The van der Waals surface area contributed by atoms with Gasteiger partial charge in [-0.25, -0.2) is 0 Å². The highest BCUT2D eigenvalue weighted by Gasteiger charge is 2.56. The van der Waals surface area contributed by atoms with Gasteiger partial charge in [0.1, 0.15) is 5.78 Å². The van der Waals surface area contributed by atoms with Crippen LogP contribution >= 0.6 is 0 Å². The van der Waals surface area contributed by atoms with E-state index in [0.717, 1.165) is 64.2 Å². The molecule has 0 spiro atoms. The van der Waals surface area contributed by atoms with Gasteiger partial charge in [-0.3, -0.25) is 9.59 Å². The molecule has 0 heterocycles. The molecule has 0 aromatic carbocycles. The van der Waals surface area contributed by atoms with Gasteiger partial charge < -0.3 is 9.84 Å². The van der Waals surface area contributed by atoms with Gasteiger partial charge in [-0.1, -0.05) is 26.7 Å². The lowest BCUT2D eigenvalue weighted by molar-refractivity contribution is -0.155. The number of esters is 1. The predicted octanol–water partition coefficient (Wildman–Crippen LogP) is 4.53. The molecule has 7 atom stereocenters. The van der Waals surface area contributed by atoms with E-state index in [1.807, 2.05) is 6.92 Å². The summed E-state index contributed by atoms with van der Waals surface area (Å²) in [6, 6.07) is 0. The number of hydrogen-bond donors (Lipinski definition) is 1. The first kappa shape index (κ1) is 20.8. The standard InChI is InChI=1S/C23H38O4/c1-4-17-20-14-16(24)12-13-23(20,3)19-11-7-9-15(22(26)27-5-2)8-6-10-18(19)21(17)25/h15-20,24H,4-14H2,1-3H3/t15?,16-,17-,18?,19?,20+,23-/m1/s1. The minimum atomic E-state index is -0.244. The van der Waals surface area contributed by atoms with Gasteiger partial charge in [0.25, 0.3) is 0 Å². The number of fused-ring (bicyclic) bond motifs is 3. The van der Waals surface area contributed by atoms with Crippen LogP contribution in [0.1, 0.15) is 85.0 Å². The molecule has 0 aliphatic heterocycles. The van der Waals surface area contributed by atoms with Crippen molar-refractivity contribution < 1.29 is 19.4 Å². The minimum absolute atomic E-state index is 0.000965.